The largest absolute Gasteiger partial charge is 0.489 e. The fraction of sp³-hybridized carbons (Fsp3) is 0.231. The van der Waals surface area contributed by atoms with Crippen LogP contribution in [0.15, 0.2) is 54.1 Å². The average Bonchev–Trinajstić information content (AvgIpc) is 3.28. The van der Waals surface area contributed by atoms with Crippen LogP contribution in [0.2, 0.25) is 0 Å². The smallest absolute Gasteiger partial charge is 0.156 e. The second-order valence-corrected chi connectivity index (χ2v) is 8.12. The molecule has 8 nitrogen and oxygen atoms in total. The Balaban J connectivity index is 1.86. The first-order chi connectivity index (χ1) is 16.9. The van der Waals surface area contributed by atoms with Crippen LogP contribution in [0.3, 0.4) is 0 Å². The van der Waals surface area contributed by atoms with Gasteiger partial charge in [0.15, 0.2) is 5.82 Å². The molecule has 0 aliphatic rings. The van der Waals surface area contributed by atoms with Gasteiger partial charge >= 0.3 is 0 Å². The van der Waals surface area contributed by atoms with E-state index in [0.717, 1.165) is 11.1 Å². The number of nitrogens with zero attached hydrogens (tertiary/aromatic N) is 5. The van der Waals surface area contributed by atoms with Crippen LogP contribution in [-0.2, 0) is 7.05 Å². The summed E-state index contributed by atoms with van der Waals surface area (Å²) in [4.78, 5) is 12.8. The van der Waals surface area contributed by atoms with E-state index in [1.807, 2.05) is 46.3 Å². The molecule has 4 rings (SSSR count). The number of nitrogens with one attached hydrogen (secondary N) is 2. The summed E-state index contributed by atoms with van der Waals surface area (Å²) in [5.74, 6) is 0.576. The van der Waals surface area contributed by atoms with Crippen molar-refractivity contribution in [1.82, 2.24) is 25.1 Å². The van der Waals surface area contributed by atoms with Crippen molar-refractivity contribution >= 4 is 40.9 Å². The van der Waals surface area contributed by atoms with Gasteiger partial charge in [-0.25, -0.2) is 14.4 Å². The van der Waals surface area contributed by atoms with Crippen LogP contribution in [0.1, 0.15) is 19.4 Å². The third-order valence-corrected chi connectivity index (χ3v) is 5.47. The molecule has 0 aliphatic carbocycles. The van der Waals surface area contributed by atoms with Crippen LogP contribution in [0.4, 0.5) is 21.6 Å². The number of halogens is 1. The molecule has 0 saturated heterocycles. The molecule has 0 saturated carbocycles. The van der Waals surface area contributed by atoms with Gasteiger partial charge in [-0.2, -0.15) is 5.10 Å². The van der Waals surface area contributed by atoms with Gasteiger partial charge in [-0.05, 0) is 57.4 Å². The summed E-state index contributed by atoms with van der Waals surface area (Å²) in [6.07, 6.45) is 8.45. The Morgan fingerprint density at radius 1 is 1.26 bits per heavy atom. The molecule has 9 heteroatoms. The fourth-order valence-electron chi connectivity index (χ4n) is 3.89. The summed E-state index contributed by atoms with van der Waals surface area (Å²) in [7, 11) is 3.73. The van der Waals surface area contributed by atoms with Crippen molar-refractivity contribution < 1.29 is 9.13 Å². The molecule has 2 N–H and O–H groups in total. The van der Waals surface area contributed by atoms with Crippen LogP contribution < -0.4 is 15.4 Å². The molecule has 180 valence electrons. The molecule has 0 unspecified atom stereocenters. The summed E-state index contributed by atoms with van der Waals surface area (Å²) in [6.45, 7) is 7.98. The maximum atomic E-state index is 15.4. The lowest BCUT2D eigenvalue weighted by molar-refractivity contribution is 0.223. The van der Waals surface area contributed by atoms with E-state index in [-0.39, 0.29) is 11.8 Å². The number of ether oxygens (including phenoxy) is 1. The van der Waals surface area contributed by atoms with Gasteiger partial charge in [0.2, 0.25) is 0 Å². The predicted molar refractivity (Wildman–Crippen MR) is 139 cm³/mol. The molecule has 35 heavy (non-hydrogen) atoms. The molecule has 2 aromatic heterocycles. The van der Waals surface area contributed by atoms with Crippen LogP contribution in [0.5, 0.6) is 5.75 Å². The van der Waals surface area contributed by atoms with Crippen molar-refractivity contribution in [3.63, 3.8) is 0 Å². The number of hydrogen-bond acceptors (Lipinski definition) is 7. The molecular weight excluding hydrogens is 445 g/mol. The van der Waals surface area contributed by atoms with Gasteiger partial charge in [-0.1, -0.05) is 12.2 Å². The Bertz CT molecular complexity index is 1400. The topological polar surface area (TPSA) is 89.3 Å². The van der Waals surface area contributed by atoms with E-state index < -0.39 is 5.82 Å². The number of aryl methyl sites for hydroxylation is 1. The van der Waals surface area contributed by atoms with Gasteiger partial charge in [0.25, 0.3) is 0 Å². The zero-order valence-electron chi connectivity index (χ0n) is 20.2. The summed E-state index contributed by atoms with van der Waals surface area (Å²) < 4.78 is 23.4. The lowest BCUT2D eigenvalue weighted by atomic mass is 10.1. The van der Waals surface area contributed by atoms with E-state index in [2.05, 4.69) is 37.4 Å². The van der Waals surface area contributed by atoms with Crippen molar-refractivity contribution in [2.45, 2.75) is 20.0 Å². The lowest BCUT2D eigenvalue weighted by Gasteiger charge is -2.19. The van der Waals surface area contributed by atoms with Gasteiger partial charge in [0.1, 0.15) is 24.0 Å². The van der Waals surface area contributed by atoms with E-state index in [1.165, 1.54) is 6.33 Å². The van der Waals surface area contributed by atoms with Crippen molar-refractivity contribution in [2.24, 2.45) is 12.0 Å². The Hall–Kier alpha value is -4.11. The van der Waals surface area contributed by atoms with Gasteiger partial charge in [0.05, 0.1) is 28.5 Å². The number of anilines is 2. The van der Waals surface area contributed by atoms with Gasteiger partial charge in [-0.3, -0.25) is 9.67 Å². The first kappa shape index (κ1) is 24.0. The number of benzene rings is 2. The monoisotopic (exact) mass is 473 g/mol. The first-order valence-electron chi connectivity index (χ1n) is 11.2. The van der Waals surface area contributed by atoms with Gasteiger partial charge in [0, 0.05) is 30.9 Å². The van der Waals surface area contributed by atoms with E-state index in [9.17, 15) is 0 Å². The molecular formula is C26H28FN7O. The van der Waals surface area contributed by atoms with E-state index in [4.69, 9.17) is 4.74 Å². The Kier molecular flexibility index (Phi) is 7.17. The number of fused-ring (bicyclic) bond motifs is 1. The number of hydrogen-bond donors (Lipinski definition) is 2. The Labute approximate surface area is 203 Å². The van der Waals surface area contributed by atoms with Crippen LogP contribution in [0.25, 0.3) is 28.1 Å². The predicted octanol–water partition coefficient (Wildman–Crippen LogP) is 5.26. The highest BCUT2D eigenvalue weighted by Gasteiger charge is 2.18. The summed E-state index contributed by atoms with van der Waals surface area (Å²) in [6, 6.07) is 7.21. The van der Waals surface area contributed by atoms with E-state index in [1.54, 1.807) is 35.2 Å². The summed E-state index contributed by atoms with van der Waals surface area (Å²) in [5, 5.41) is 11.2. The minimum absolute atomic E-state index is 0.128. The third-order valence-electron chi connectivity index (χ3n) is 5.47. The molecule has 0 fully saturated rings. The number of rotatable bonds is 9. The molecule has 0 aliphatic heterocycles. The number of allylic oxidation sites excluding steroid dienone is 1. The SMILES string of the molecule is C=Nc1ccc(Nc2ncnc3cc(-c4cnn(C)c4)cc(O[C@H](C)CNC)c23)c(F)c1/C=C\C. The van der Waals surface area contributed by atoms with Crippen molar-refractivity contribution in [2.75, 3.05) is 18.9 Å². The molecule has 0 radical (unpaired) electrons. The van der Waals surface area contributed by atoms with Crippen molar-refractivity contribution in [3.05, 3.63) is 60.4 Å². The molecule has 2 aromatic carbocycles. The summed E-state index contributed by atoms with van der Waals surface area (Å²) >= 11 is 0. The molecule has 0 bridgehead atoms. The summed E-state index contributed by atoms with van der Waals surface area (Å²) in [5.41, 5.74) is 3.58. The highest BCUT2D eigenvalue weighted by molar-refractivity contribution is 5.98. The first-order valence-corrected chi connectivity index (χ1v) is 11.2. The van der Waals surface area contributed by atoms with Crippen LogP contribution in [0, 0.1) is 5.82 Å². The van der Waals surface area contributed by atoms with E-state index >= 15 is 4.39 Å². The molecule has 0 amide bonds. The number of aliphatic imine (C=N–C) groups is 1. The standard InChI is InChI=1S/C26H28FN7O/c1-6-7-19-20(29-4)8-9-21(25(19)27)33-26-24-22(30-15-31-26)10-17(18-13-32-34(5)14-18)11-23(24)35-16(2)12-28-3/h6-11,13-16,28H,4,12H2,1-3,5H3,(H,30,31,33)/b7-6-/t16-/m1/s1. The second kappa shape index (κ2) is 10.4. The third kappa shape index (κ3) is 5.04. The highest BCUT2D eigenvalue weighted by atomic mass is 19.1. The Morgan fingerprint density at radius 3 is 2.77 bits per heavy atom. The fourth-order valence-corrected chi connectivity index (χ4v) is 3.89. The molecule has 4 aromatic rings. The molecule has 2 heterocycles. The quantitative estimate of drug-likeness (QED) is 0.322. The van der Waals surface area contributed by atoms with E-state index in [0.29, 0.717) is 40.3 Å². The van der Waals surface area contributed by atoms with Crippen molar-refractivity contribution in [3.8, 4) is 16.9 Å². The Morgan fingerprint density at radius 2 is 2.09 bits per heavy atom. The second-order valence-electron chi connectivity index (χ2n) is 8.12. The minimum atomic E-state index is -0.447. The maximum Gasteiger partial charge on any atom is 0.156 e. The van der Waals surface area contributed by atoms with Gasteiger partial charge in [-0.15, -0.1) is 0 Å². The highest BCUT2D eigenvalue weighted by Crippen LogP contribution is 2.38. The number of aromatic nitrogens is 4. The molecule has 0 spiro atoms. The van der Waals surface area contributed by atoms with Crippen LogP contribution >= 0.6 is 0 Å². The maximum absolute atomic E-state index is 15.4. The van der Waals surface area contributed by atoms with Crippen molar-refractivity contribution in [1.29, 1.82) is 0 Å². The van der Waals surface area contributed by atoms with Crippen LogP contribution in [-0.4, -0.2) is 46.2 Å². The zero-order chi connectivity index (χ0) is 24.9. The van der Waals surface area contributed by atoms with Gasteiger partial charge < -0.3 is 15.4 Å². The average molecular weight is 474 g/mol. The molecule has 1 atom stereocenters. The number of likely N-dealkylation sites (N-methyl/N-ethyl adjacent to an activating group) is 1. The lowest BCUT2D eigenvalue weighted by Crippen LogP contribution is -2.26. The minimum Gasteiger partial charge on any atom is -0.489 e. The zero-order valence-corrected chi connectivity index (χ0v) is 20.2. The normalized spacial score (nSPS) is 12.3.